The number of halogens is 2. The van der Waals surface area contributed by atoms with Gasteiger partial charge >= 0.3 is 5.97 Å². The number of rotatable bonds is 11. The van der Waals surface area contributed by atoms with E-state index in [-0.39, 0.29) is 12.3 Å². The molecule has 1 amide bonds. The summed E-state index contributed by atoms with van der Waals surface area (Å²) in [7, 11) is 0. The lowest BCUT2D eigenvalue weighted by Gasteiger charge is -2.11. The molecule has 0 aromatic heterocycles. The lowest BCUT2D eigenvalue weighted by Crippen LogP contribution is -2.18. The van der Waals surface area contributed by atoms with E-state index in [1.807, 2.05) is 13.0 Å². The highest BCUT2D eigenvalue weighted by Gasteiger charge is 2.13. The fourth-order valence-corrected chi connectivity index (χ4v) is 3.40. The quantitative estimate of drug-likeness (QED) is 0.113. The lowest BCUT2D eigenvalue weighted by molar-refractivity contribution is -0.121. The average Bonchev–Trinajstić information content (AvgIpc) is 2.85. The maximum Gasteiger partial charge on any atom is 0.343 e. The number of amides is 1. The second kappa shape index (κ2) is 13.4. The number of hydrazone groups is 1. The molecule has 0 unspecified atom stereocenters. The minimum Gasteiger partial charge on any atom is -0.492 e. The van der Waals surface area contributed by atoms with Crippen molar-refractivity contribution in [2.24, 2.45) is 5.10 Å². The van der Waals surface area contributed by atoms with Crippen molar-refractivity contribution in [3.8, 4) is 17.2 Å². The molecule has 1 N–H and O–H groups in total. The number of carbonyl (C=O) groups is 2. The molecular formula is C26H24Cl2N2O5. The van der Waals surface area contributed by atoms with Gasteiger partial charge in [0.2, 0.25) is 5.91 Å². The predicted octanol–water partition coefficient (Wildman–Crippen LogP) is 5.92. The van der Waals surface area contributed by atoms with E-state index in [1.165, 1.54) is 6.21 Å². The van der Waals surface area contributed by atoms with Crippen molar-refractivity contribution >= 4 is 41.3 Å². The van der Waals surface area contributed by atoms with Gasteiger partial charge in [0.15, 0.2) is 11.5 Å². The Labute approximate surface area is 213 Å². The maximum absolute atomic E-state index is 12.3. The summed E-state index contributed by atoms with van der Waals surface area (Å²) < 4.78 is 16.6. The van der Waals surface area contributed by atoms with Gasteiger partial charge in [0, 0.05) is 11.4 Å². The molecule has 0 aliphatic carbocycles. The summed E-state index contributed by atoms with van der Waals surface area (Å²) in [5.41, 5.74) is 3.57. The van der Waals surface area contributed by atoms with Crippen molar-refractivity contribution in [2.45, 2.75) is 19.8 Å². The third-order valence-corrected chi connectivity index (χ3v) is 5.11. The highest BCUT2D eigenvalue weighted by Crippen LogP contribution is 2.29. The first-order chi connectivity index (χ1) is 17.0. The summed E-state index contributed by atoms with van der Waals surface area (Å²) in [6.07, 6.45) is 2.19. The number of carbonyl (C=O) groups excluding carboxylic acids is 2. The molecule has 0 atom stereocenters. The zero-order valence-corrected chi connectivity index (χ0v) is 20.5. The highest BCUT2D eigenvalue weighted by molar-refractivity contribution is 6.35. The largest absolute Gasteiger partial charge is 0.492 e. The monoisotopic (exact) mass is 514 g/mol. The Bertz CT molecular complexity index is 1190. The fourth-order valence-electron chi connectivity index (χ4n) is 2.93. The van der Waals surface area contributed by atoms with E-state index in [0.29, 0.717) is 58.1 Å². The molecule has 182 valence electrons. The Morgan fingerprint density at radius 3 is 2.46 bits per heavy atom. The van der Waals surface area contributed by atoms with Gasteiger partial charge in [-0.1, -0.05) is 41.4 Å². The first-order valence-electron chi connectivity index (χ1n) is 10.9. The Kier molecular flexibility index (Phi) is 9.95. The van der Waals surface area contributed by atoms with Crippen LogP contribution in [0.1, 0.15) is 35.7 Å². The van der Waals surface area contributed by atoms with Crippen molar-refractivity contribution in [2.75, 3.05) is 13.2 Å². The lowest BCUT2D eigenvalue weighted by atomic mass is 10.2. The first kappa shape index (κ1) is 26.1. The zero-order valence-electron chi connectivity index (χ0n) is 19.0. The second-order valence-corrected chi connectivity index (χ2v) is 8.06. The van der Waals surface area contributed by atoms with Gasteiger partial charge in [-0.3, -0.25) is 4.79 Å². The third-order valence-electron chi connectivity index (χ3n) is 4.58. The Balaban J connectivity index is 1.49. The number of nitrogens with zero attached hydrogens (tertiary/aromatic N) is 1. The SMILES string of the molecule is CCOc1cc(/C=N/NC(=O)CCCOc2ccc(Cl)cc2Cl)ccc1OC(=O)c1ccccc1. The van der Waals surface area contributed by atoms with Crippen LogP contribution in [-0.4, -0.2) is 31.3 Å². The molecule has 0 spiro atoms. The van der Waals surface area contributed by atoms with Gasteiger partial charge < -0.3 is 14.2 Å². The van der Waals surface area contributed by atoms with Gasteiger partial charge in [-0.2, -0.15) is 5.10 Å². The summed E-state index contributed by atoms with van der Waals surface area (Å²) in [5, 5.41) is 4.92. The summed E-state index contributed by atoms with van der Waals surface area (Å²) in [5.74, 6) is 0.457. The molecule has 0 aliphatic rings. The van der Waals surface area contributed by atoms with E-state index >= 15 is 0 Å². The topological polar surface area (TPSA) is 86.2 Å². The van der Waals surface area contributed by atoms with Crippen LogP contribution in [0, 0.1) is 0 Å². The van der Waals surface area contributed by atoms with Crippen molar-refractivity contribution in [1.82, 2.24) is 5.43 Å². The van der Waals surface area contributed by atoms with Crippen molar-refractivity contribution in [1.29, 1.82) is 0 Å². The molecule has 3 rings (SSSR count). The van der Waals surface area contributed by atoms with Crippen LogP contribution in [0.3, 0.4) is 0 Å². The number of hydrogen-bond acceptors (Lipinski definition) is 6. The van der Waals surface area contributed by atoms with Gasteiger partial charge in [0.1, 0.15) is 5.75 Å². The molecular weight excluding hydrogens is 491 g/mol. The molecule has 7 nitrogen and oxygen atoms in total. The minimum atomic E-state index is -0.484. The van der Waals surface area contributed by atoms with E-state index < -0.39 is 5.97 Å². The van der Waals surface area contributed by atoms with Gasteiger partial charge in [-0.05, 0) is 67.4 Å². The van der Waals surface area contributed by atoms with Gasteiger partial charge in [0.05, 0.1) is 30.0 Å². The van der Waals surface area contributed by atoms with Crippen LogP contribution >= 0.6 is 23.2 Å². The van der Waals surface area contributed by atoms with E-state index in [4.69, 9.17) is 37.4 Å². The van der Waals surface area contributed by atoms with E-state index in [1.54, 1.807) is 60.7 Å². The van der Waals surface area contributed by atoms with Crippen LogP contribution in [-0.2, 0) is 4.79 Å². The van der Waals surface area contributed by atoms with Crippen LogP contribution in [0.4, 0.5) is 0 Å². The Hall–Kier alpha value is -3.55. The third kappa shape index (κ3) is 8.31. The van der Waals surface area contributed by atoms with E-state index in [9.17, 15) is 9.59 Å². The number of hydrogen-bond donors (Lipinski definition) is 1. The summed E-state index contributed by atoms with van der Waals surface area (Å²) in [6.45, 7) is 2.53. The first-order valence-corrected chi connectivity index (χ1v) is 11.7. The van der Waals surface area contributed by atoms with E-state index in [0.717, 1.165) is 0 Å². The average molecular weight is 515 g/mol. The van der Waals surface area contributed by atoms with Crippen molar-refractivity contribution < 1.29 is 23.8 Å². The molecule has 0 aliphatic heterocycles. The molecule has 0 bridgehead atoms. The molecule has 0 heterocycles. The van der Waals surface area contributed by atoms with Crippen LogP contribution in [0.5, 0.6) is 17.2 Å². The van der Waals surface area contributed by atoms with Crippen molar-refractivity contribution in [3.63, 3.8) is 0 Å². The molecule has 35 heavy (non-hydrogen) atoms. The molecule has 9 heteroatoms. The summed E-state index contributed by atoms with van der Waals surface area (Å²) in [6, 6.07) is 18.6. The van der Waals surface area contributed by atoms with Crippen LogP contribution in [0.2, 0.25) is 10.0 Å². The van der Waals surface area contributed by atoms with Crippen LogP contribution in [0.15, 0.2) is 71.8 Å². The molecule has 0 radical (unpaired) electrons. The smallest absolute Gasteiger partial charge is 0.343 e. The fraction of sp³-hybridized carbons (Fsp3) is 0.192. The molecule has 3 aromatic rings. The van der Waals surface area contributed by atoms with Gasteiger partial charge in [0.25, 0.3) is 0 Å². The predicted molar refractivity (Wildman–Crippen MR) is 136 cm³/mol. The van der Waals surface area contributed by atoms with E-state index in [2.05, 4.69) is 10.5 Å². The molecule has 3 aromatic carbocycles. The zero-order chi connectivity index (χ0) is 25.0. The number of nitrogens with one attached hydrogen (secondary N) is 1. The Morgan fingerprint density at radius 2 is 1.71 bits per heavy atom. The summed E-state index contributed by atoms with van der Waals surface area (Å²) in [4.78, 5) is 24.4. The number of benzene rings is 3. The standard InChI is InChI=1S/C26H24Cl2N2O5/c1-2-33-24-15-18(10-12-23(24)35-26(32)19-7-4-3-5-8-19)17-29-30-25(31)9-6-14-34-22-13-11-20(27)16-21(22)28/h3-5,7-8,10-13,15-17H,2,6,9,14H2,1H3,(H,30,31)/b29-17+. The molecule has 0 fully saturated rings. The molecule has 0 saturated carbocycles. The maximum atomic E-state index is 12.3. The van der Waals surface area contributed by atoms with Gasteiger partial charge in [-0.15, -0.1) is 0 Å². The molecule has 0 saturated heterocycles. The minimum absolute atomic E-state index is 0.223. The van der Waals surface area contributed by atoms with Crippen LogP contribution < -0.4 is 19.6 Å². The summed E-state index contributed by atoms with van der Waals surface area (Å²) >= 11 is 11.9. The number of ether oxygens (including phenoxy) is 3. The van der Waals surface area contributed by atoms with Crippen LogP contribution in [0.25, 0.3) is 0 Å². The van der Waals surface area contributed by atoms with Gasteiger partial charge in [-0.25, -0.2) is 10.2 Å². The second-order valence-electron chi connectivity index (χ2n) is 7.21. The number of esters is 1. The highest BCUT2D eigenvalue weighted by atomic mass is 35.5. The van der Waals surface area contributed by atoms with Crippen molar-refractivity contribution in [3.05, 3.63) is 87.9 Å². The Morgan fingerprint density at radius 1 is 0.943 bits per heavy atom. The normalized spacial score (nSPS) is 10.7.